The SMILES string of the molecule is NC12CCC(NCc3ccc(-n4ccc(NC(=O)N5CCNCC5)nc4=O)cc3)(CC1)CC2. The first-order valence-corrected chi connectivity index (χ1v) is 11.9. The topological polar surface area (TPSA) is 117 Å². The van der Waals surface area contributed by atoms with Gasteiger partial charge in [-0.25, -0.2) is 9.59 Å². The number of urea groups is 1. The summed E-state index contributed by atoms with van der Waals surface area (Å²) in [6.45, 7) is 3.62. The van der Waals surface area contributed by atoms with Gasteiger partial charge < -0.3 is 21.3 Å². The Morgan fingerprint density at radius 2 is 1.70 bits per heavy atom. The second-order valence-electron chi connectivity index (χ2n) is 9.80. The lowest BCUT2D eigenvalue weighted by molar-refractivity contribution is 0.0807. The van der Waals surface area contributed by atoms with Gasteiger partial charge in [-0.3, -0.25) is 9.88 Å². The van der Waals surface area contributed by atoms with Crippen molar-refractivity contribution in [3.05, 3.63) is 52.6 Å². The van der Waals surface area contributed by atoms with Gasteiger partial charge in [-0.2, -0.15) is 4.98 Å². The third-order valence-corrected chi connectivity index (χ3v) is 7.63. The number of rotatable bonds is 5. The van der Waals surface area contributed by atoms with Crippen LogP contribution in [0.25, 0.3) is 5.69 Å². The monoisotopic (exact) mass is 451 g/mol. The molecule has 9 nitrogen and oxygen atoms in total. The molecule has 2 aromatic rings. The molecule has 1 aromatic carbocycles. The summed E-state index contributed by atoms with van der Waals surface area (Å²) in [6.07, 6.45) is 8.44. The van der Waals surface area contributed by atoms with Crippen molar-refractivity contribution in [2.75, 3.05) is 31.5 Å². The van der Waals surface area contributed by atoms with Crippen molar-refractivity contribution in [2.24, 2.45) is 5.73 Å². The van der Waals surface area contributed by atoms with Crippen molar-refractivity contribution in [2.45, 2.75) is 56.1 Å². The van der Waals surface area contributed by atoms with Crippen LogP contribution in [-0.2, 0) is 6.54 Å². The Morgan fingerprint density at radius 3 is 2.33 bits per heavy atom. The maximum atomic E-state index is 12.6. The first-order valence-electron chi connectivity index (χ1n) is 11.9. The summed E-state index contributed by atoms with van der Waals surface area (Å²) in [5.74, 6) is 0.265. The van der Waals surface area contributed by atoms with Crippen LogP contribution >= 0.6 is 0 Å². The van der Waals surface area contributed by atoms with E-state index in [1.807, 2.05) is 24.3 Å². The number of nitrogens with zero attached hydrogens (tertiary/aromatic N) is 3. The van der Waals surface area contributed by atoms with Crippen molar-refractivity contribution in [1.82, 2.24) is 25.1 Å². The lowest BCUT2D eigenvalue weighted by atomic mass is 9.62. The Hall–Kier alpha value is -2.75. The fraction of sp³-hybridized carbons (Fsp3) is 0.542. The fourth-order valence-electron chi connectivity index (χ4n) is 5.27. The van der Waals surface area contributed by atoms with E-state index in [-0.39, 0.29) is 22.9 Å². The fourth-order valence-corrected chi connectivity index (χ4v) is 5.27. The molecule has 0 unspecified atom stereocenters. The molecule has 0 atom stereocenters. The number of piperazine rings is 1. The van der Waals surface area contributed by atoms with E-state index in [2.05, 4.69) is 20.9 Å². The molecule has 0 radical (unpaired) electrons. The molecule has 3 aliphatic carbocycles. The van der Waals surface area contributed by atoms with Crippen LogP contribution in [0.15, 0.2) is 41.3 Å². The summed E-state index contributed by atoms with van der Waals surface area (Å²) < 4.78 is 1.49. The number of nitrogens with one attached hydrogen (secondary N) is 3. The van der Waals surface area contributed by atoms with Gasteiger partial charge >= 0.3 is 11.7 Å². The van der Waals surface area contributed by atoms with Crippen LogP contribution in [-0.4, -0.2) is 57.7 Å². The van der Waals surface area contributed by atoms with Crippen molar-refractivity contribution < 1.29 is 4.79 Å². The number of anilines is 1. The van der Waals surface area contributed by atoms with Gasteiger partial charge in [0.25, 0.3) is 0 Å². The third-order valence-electron chi connectivity index (χ3n) is 7.63. The number of fused-ring (bicyclic) bond motifs is 3. The summed E-state index contributed by atoms with van der Waals surface area (Å²) in [6, 6.07) is 9.38. The molecule has 4 fully saturated rings. The number of hydrogen-bond donors (Lipinski definition) is 4. The van der Waals surface area contributed by atoms with Gasteiger partial charge in [0.15, 0.2) is 0 Å². The van der Waals surface area contributed by atoms with Crippen molar-refractivity contribution >= 4 is 11.8 Å². The van der Waals surface area contributed by atoms with Crippen LogP contribution in [0.1, 0.15) is 44.1 Å². The predicted octanol–water partition coefficient (Wildman–Crippen LogP) is 1.56. The molecule has 3 saturated carbocycles. The summed E-state index contributed by atoms with van der Waals surface area (Å²) in [5, 5.41) is 9.72. The minimum Gasteiger partial charge on any atom is -0.325 e. The summed E-state index contributed by atoms with van der Waals surface area (Å²) >= 11 is 0. The number of aromatic nitrogens is 2. The quantitative estimate of drug-likeness (QED) is 0.548. The normalized spacial score (nSPS) is 26.9. The van der Waals surface area contributed by atoms with Crippen LogP contribution in [0.4, 0.5) is 10.6 Å². The predicted molar refractivity (Wildman–Crippen MR) is 127 cm³/mol. The molecule has 6 rings (SSSR count). The van der Waals surface area contributed by atoms with Gasteiger partial charge in [0, 0.05) is 50.0 Å². The molecular weight excluding hydrogens is 418 g/mol. The van der Waals surface area contributed by atoms with E-state index < -0.39 is 5.69 Å². The lowest BCUT2D eigenvalue weighted by Gasteiger charge is -2.52. The van der Waals surface area contributed by atoms with Gasteiger partial charge in [-0.05, 0) is 62.3 Å². The Bertz CT molecular complexity index is 1030. The molecule has 1 aromatic heterocycles. The average molecular weight is 452 g/mol. The van der Waals surface area contributed by atoms with E-state index in [1.165, 1.54) is 10.1 Å². The van der Waals surface area contributed by atoms with E-state index in [9.17, 15) is 9.59 Å². The summed E-state index contributed by atoms with van der Waals surface area (Å²) in [5.41, 5.74) is 8.24. The molecule has 1 saturated heterocycles. The first-order chi connectivity index (χ1) is 15.9. The highest BCUT2D eigenvalue weighted by molar-refractivity contribution is 5.88. The van der Waals surface area contributed by atoms with Crippen LogP contribution in [0.3, 0.4) is 0 Å². The zero-order valence-electron chi connectivity index (χ0n) is 19.0. The highest BCUT2D eigenvalue weighted by Crippen LogP contribution is 2.45. The molecule has 4 aliphatic rings. The number of benzene rings is 1. The van der Waals surface area contributed by atoms with Crippen LogP contribution in [0, 0.1) is 0 Å². The molecule has 1 aliphatic heterocycles. The van der Waals surface area contributed by atoms with Gasteiger partial charge in [0.05, 0.1) is 5.69 Å². The number of amides is 2. The van der Waals surface area contributed by atoms with E-state index in [1.54, 1.807) is 17.2 Å². The van der Waals surface area contributed by atoms with Gasteiger partial charge in [0.1, 0.15) is 5.82 Å². The van der Waals surface area contributed by atoms with Crippen molar-refractivity contribution in [3.8, 4) is 5.69 Å². The number of carbonyl (C=O) groups excluding carboxylic acids is 1. The smallest absolute Gasteiger partial charge is 0.325 e. The van der Waals surface area contributed by atoms with E-state index in [4.69, 9.17) is 5.73 Å². The number of nitrogens with two attached hydrogens (primary N) is 1. The summed E-state index contributed by atoms with van der Waals surface area (Å²) in [7, 11) is 0. The maximum Gasteiger partial charge on any atom is 0.354 e. The Morgan fingerprint density at radius 1 is 1.03 bits per heavy atom. The molecular formula is C24H33N7O2. The van der Waals surface area contributed by atoms with Crippen LogP contribution in [0.2, 0.25) is 0 Å². The van der Waals surface area contributed by atoms with Crippen LogP contribution in [0.5, 0.6) is 0 Å². The molecule has 9 heteroatoms. The number of hydrogen-bond acceptors (Lipinski definition) is 6. The minimum atomic E-state index is -0.424. The Kier molecular flexibility index (Phi) is 5.94. The highest BCUT2D eigenvalue weighted by atomic mass is 16.2. The minimum absolute atomic E-state index is 0.0791. The maximum absolute atomic E-state index is 12.6. The zero-order chi connectivity index (χ0) is 22.9. The second-order valence-corrected chi connectivity index (χ2v) is 9.80. The molecule has 2 bridgehead atoms. The van der Waals surface area contributed by atoms with Gasteiger partial charge in [0.2, 0.25) is 0 Å². The zero-order valence-corrected chi connectivity index (χ0v) is 19.0. The highest BCUT2D eigenvalue weighted by Gasteiger charge is 2.46. The van der Waals surface area contributed by atoms with E-state index >= 15 is 0 Å². The number of carbonyl (C=O) groups is 1. The Balaban J connectivity index is 1.20. The van der Waals surface area contributed by atoms with Crippen molar-refractivity contribution in [1.29, 1.82) is 0 Å². The van der Waals surface area contributed by atoms with Crippen LogP contribution < -0.4 is 27.4 Å². The third kappa shape index (κ3) is 4.80. The van der Waals surface area contributed by atoms with Gasteiger partial charge in [-0.1, -0.05) is 12.1 Å². The van der Waals surface area contributed by atoms with E-state index in [0.29, 0.717) is 13.1 Å². The van der Waals surface area contributed by atoms with E-state index in [0.717, 1.165) is 63.8 Å². The van der Waals surface area contributed by atoms with Crippen molar-refractivity contribution in [3.63, 3.8) is 0 Å². The summed E-state index contributed by atoms with van der Waals surface area (Å²) in [4.78, 5) is 30.7. The average Bonchev–Trinajstić information content (AvgIpc) is 2.85. The molecule has 5 N–H and O–H groups in total. The lowest BCUT2D eigenvalue weighted by Crippen LogP contribution is -2.60. The Labute approximate surface area is 193 Å². The largest absolute Gasteiger partial charge is 0.354 e. The second kappa shape index (κ2) is 8.89. The molecule has 33 heavy (non-hydrogen) atoms. The first kappa shape index (κ1) is 22.1. The molecule has 0 spiro atoms. The molecule has 176 valence electrons. The molecule has 2 heterocycles. The molecule has 2 amide bonds. The van der Waals surface area contributed by atoms with Gasteiger partial charge in [-0.15, -0.1) is 0 Å². The standard InChI is InChI=1S/C24H33N7O2/c25-23-6-9-24(10-7-23,11-8-23)27-17-18-1-3-19(4-2-18)31-14-5-20(29-22(31)33)28-21(32)30-15-12-26-13-16-30/h1-5,14,26-27H,6-13,15-17,25H2,(H,28,29,32,33).